The van der Waals surface area contributed by atoms with Gasteiger partial charge in [-0.25, -0.2) is 4.79 Å². The number of nitrogens with one attached hydrogen (secondary N) is 1. The number of hydrogen-bond acceptors (Lipinski definition) is 7. The number of thiophene rings is 1. The summed E-state index contributed by atoms with van der Waals surface area (Å²) >= 11 is 1.13. The number of rotatable bonds is 6. The van der Waals surface area contributed by atoms with Crippen molar-refractivity contribution in [1.29, 1.82) is 0 Å². The first-order valence-corrected chi connectivity index (χ1v) is 10.4. The van der Waals surface area contributed by atoms with Crippen molar-refractivity contribution in [3.8, 4) is 11.3 Å². The van der Waals surface area contributed by atoms with Crippen LogP contribution in [0.1, 0.15) is 43.8 Å². The average Bonchev–Trinajstić information content (AvgIpc) is 3.42. The Balaban J connectivity index is 1.57. The van der Waals surface area contributed by atoms with Gasteiger partial charge in [-0.1, -0.05) is 12.1 Å². The summed E-state index contributed by atoms with van der Waals surface area (Å²) in [4.78, 5) is 51.1. The predicted octanol–water partition coefficient (Wildman–Crippen LogP) is 3.73. The normalized spacial score (nSPS) is 12.8. The number of nitrogens with zero attached hydrogens (tertiary/aromatic N) is 1. The van der Waals surface area contributed by atoms with Crippen LogP contribution in [0.2, 0.25) is 0 Å². The summed E-state index contributed by atoms with van der Waals surface area (Å²) in [6, 6.07) is 9.89. The maximum atomic E-state index is 12.7. The number of ether oxygens (including phenoxy) is 1. The molecule has 0 saturated carbocycles. The zero-order valence-electron chi connectivity index (χ0n) is 16.8. The fourth-order valence-corrected chi connectivity index (χ4v) is 4.26. The van der Waals surface area contributed by atoms with Gasteiger partial charge in [0.25, 0.3) is 11.8 Å². The van der Waals surface area contributed by atoms with Crippen LogP contribution in [0.15, 0.2) is 46.2 Å². The number of imide groups is 1. The van der Waals surface area contributed by atoms with Crippen LogP contribution in [0, 0.1) is 6.92 Å². The molecule has 0 aliphatic carbocycles. The molecule has 1 aromatic carbocycles. The summed E-state index contributed by atoms with van der Waals surface area (Å²) in [7, 11) is 0. The number of carbonyl (C=O) groups excluding carboxylic acids is 4. The lowest BCUT2D eigenvalue weighted by Crippen LogP contribution is -2.37. The Morgan fingerprint density at radius 3 is 2.32 bits per heavy atom. The highest BCUT2D eigenvalue weighted by Crippen LogP contribution is 2.37. The van der Waals surface area contributed by atoms with Gasteiger partial charge in [-0.3, -0.25) is 19.3 Å². The van der Waals surface area contributed by atoms with Crippen molar-refractivity contribution in [2.24, 2.45) is 0 Å². The first-order valence-electron chi connectivity index (χ1n) is 9.51. The predicted molar refractivity (Wildman–Crippen MR) is 113 cm³/mol. The summed E-state index contributed by atoms with van der Waals surface area (Å²) in [6.45, 7) is 3.15. The van der Waals surface area contributed by atoms with Crippen molar-refractivity contribution in [1.82, 2.24) is 4.90 Å². The molecule has 0 spiro atoms. The van der Waals surface area contributed by atoms with Gasteiger partial charge >= 0.3 is 5.97 Å². The van der Waals surface area contributed by atoms with Crippen molar-refractivity contribution < 1.29 is 28.3 Å². The second kappa shape index (κ2) is 8.19. The Hall–Kier alpha value is -3.72. The molecule has 158 valence electrons. The molecule has 3 aromatic rings. The zero-order valence-corrected chi connectivity index (χ0v) is 17.6. The van der Waals surface area contributed by atoms with Crippen molar-refractivity contribution in [3.05, 3.63) is 64.2 Å². The van der Waals surface area contributed by atoms with Crippen molar-refractivity contribution in [3.63, 3.8) is 0 Å². The lowest BCUT2D eigenvalue weighted by atomic mass is 10.1. The summed E-state index contributed by atoms with van der Waals surface area (Å²) < 4.78 is 10.8. The van der Waals surface area contributed by atoms with Crippen molar-refractivity contribution >= 4 is 40.0 Å². The molecule has 4 rings (SSSR count). The molecule has 31 heavy (non-hydrogen) atoms. The number of benzene rings is 1. The highest BCUT2D eigenvalue weighted by Gasteiger charge is 2.36. The van der Waals surface area contributed by atoms with Crippen LogP contribution in [0.3, 0.4) is 0 Å². The second-order valence-corrected chi connectivity index (χ2v) is 7.65. The third kappa shape index (κ3) is 3.75. The van der Waals surface area contributed by atoms with Crippen LogP contribution in [0.25, 0.3) is 11.3 Å². The van der Waals surface area contributed by atoms with Crippen LogP contribution in [-0.2, 0) is 9.53 Å². The van der Waals surface area contributed by atoms with E-state index in [2.05, 4.69) is 5.32 Å². The molecule has 9 heteroatoms. The third-order valence-electron chi connectivity index (χ3n) is 4.71. The van der Waals surface area contributed by atoms with Crippen molar-refractivity contribution in [2.45, 2.75) is 13.8 Å². The minimum absolute atomic E-state index is 0.160. The van der Waals surface area contributed by atoms with Crippen LogP contribution >= 0.6 is 11.3 Å². The van der Waals surface area contributed by atoms with E-state index in [-0.39, 0.29) is 28.3 Å². The van der Waals surface area contributed by atoms with Gasteiger partial charge in [-0.05, 0) is 38.1 Å². The summed E-state index contributed by atoms with van der Waals surface area (Å²) in [6.07, 6.45) is 0. The van der Waals surface area contributed by atoms with Gasteiger partial charge in [-0.15, -0.1) is 11.3 Å². The Morgan fingerprint density at radius 2 is 1.74 bits per heavy atom. The van der Waals surface area contributed by atoms with Crippen LogP contribution in [0.4, 0.5) is 5.00 Å². The molecule has 3 heterocycles. The maximum Gasteiger partial charge on any atom is 0.341 e. The van der Waals surface area contributed by atoms with Gasteiger partial charge in [0.1, 0.15) is 28.6 Å². The number of aryl methyl sites for hydroxylation is 1. The lowest BCUT2D eigenvalue weighted by molar-refractivity contribution is -0.116. The Labute approximate surface area is 181 Å². The number of hydrogen-bond donors (Lipinski definition) is 1. The molecule has 8 nitrogen and oxygen atoms in total. The monoisotopic (exact) mass is 438 g/mol. The molecule has 0 saturated heterocycles. The molecule has 0 unspecified atom stereocenters. The number of carbonyl (C=O) groups is 4. The van der Waals surface area contributed by atoms with E-state index in [1.165, 1.54) is 0 Å². The Morgan fingerprint density at radius 1 is 1.06 bits per heavy atom. The molecule has 0 radical (unpaired) electrons. The van der Waals surface area contributed by atoms with E-state index in [0.717, 1.165) is 16.2 Å². The number of anilines is 1. The topological polar surface area (TPSA) is 106 Å². The molecule has 1 aliphatic heterocycles. The molecule has 1 aliphatic rings. The van der Waals surface area contributed by atoms with Crippen LogP contribution in [-0.4, -0.2) is 41.7 Å². The first kappa shape index (κ1) is 20.5. The molecule has 0 atom stereocenters. The highest BCUT2D eigenvalue weighted by molar-refractivity contribution is 7.15. The molecular formula is C22H18N2O6S. The maximum absolute atomic E-state index is 12.7. The van der Waals surface area contributed by atoms with Gasteiger partial charge in [0.15, 0.2) is 0 Å². The lowest BCUT2D eigenvalue weighted by Gasteiger charge is -2.14. The Bertz CT molecular complexity index is 1170. The van der Waals surface area contributed by atoms with E-state index < -0.39 is 30.2 Å². The van der Waals surface area contributed by atoms with Crippen molar-refractivity contribution in [2.75, 3.05) is 18.5 Å². The smallest absolute Gasteiger partial charge is 0.341 e. The molecule has 3 amide bonds. The van der Waals surface area contributed by atoms with E-state index in [1.54, 1.807) is 55.6 Å². The second-order valence-electron chi connectivity index (χ2n) is 6.77. The highest BCUT2D eigenvalue weighted by atomic mass is 32.1. The molecule has 0 fully saturated rings. The Kier molecular flexibility index (Phi) is 5.43. The number of fused-ring (bicyclic) bond motifs is 1. The molecule has 1 N–H and O–H groups in total. The summed E-state index contributed by atoms with van der Waals surface area (Å²) in [5.74, 6) is -1.13. The van der Waals surface area contributed by atoms with Gasteiger partial charge < -0.3 is 14.5 Å². The average molecular weight is 438 g/mol. The van der Waals surface area contributed by atoms with Crippen LogP contribution in [0.5, 0.6) is 0 Å². The van der Waals surface area contributed by atoms with E-state index in [1.807, 2.05) is 0 Å². The number of esters is 1. The van der Waals surface area contributed by atoms with E-state index in [9.17, 15) is 19.2 Å². The number of furan rings is 1. The minimum atomic E-state index is -0.608. The first-order chi connectivity index (χ1) is 14.9. The summed E-state index contributed by atoms with van der Waals surface area (Å²) in [5.41, 5.74) is 1.18. The fourth-order valence-electron chi connectivity index (χ4n) is 3.31. The quantitative estimate of drug-likeness (QED) is 0.464. The molecular weight excluding hydrogens is 420 g/mol. The largest absolute Gasteiger partial charge is 0.462 e. The van der Waals surface area contributed by atoms with Crippen LogP contribution < -0.4 is 5.32 Å². The minimum Gasteiger partial charge on any atom is -0.462 e. The third-order valence-corrected chi connectivity index (χ3v) is 5.60. The SMILES string of the molecule is CCOC(=O)c1c(-c2ccc(C)o2)csc1NC(=O)CN1C(=O)c2ccccc2C1=O. The van der Waals surface area contributed by atoms with Gasteiger partial charge in [0, 0.05) is 10.9 Å². The van der Waals surface area contributed by atoms with E-state index in [0.29, 0.717) is 17.1 Å². The van der Waals surface area contributed by atoms with E-state index >= 15 is 0 Å². The van der Waals surface area contributed by atoms with E-state index in [4.69, 9.17) is 9.15 Å². The summed E-state index contributed by atoms with van der Waals surface area (Å²) in [5, 5.41) is 4.57. The number of amides is 3. The standard InChI is InChI=1S/C22H18N2O6S/c1-3-29-22(28)18-15(16-9-8-12(2)30-16)11-31-19(18)23-17(25)10-24-20(26)13-6-4-5-7-14(13)21(24)27/h4-9,11H,3,10H2,1-2H3,(H,23,25). The van der Waals surface area contributed by atoms with Gasteiger partial charge in [0.2, 0.25) is 5.91 Å². The molecule has 2 aromatic heterocycles. The fraction of sp³-hybridized carbons (Fsp3) is 0.182. The van der Waals surface area contributed by atoms with Gasteiger partial charge in [0.05, 0.1) is 17.7 Å². The zero-order chi connectivity index (χ0) is 22.1. The molecule has 0 bridgehead atoms. The van der Waals surface area contributed by atoms with Gasteiger partial charge in [-0.2, -0.15) is 0 Å².